The van der Waals surface area contributed by atoms with E-state index in [1.165, 1.54) is 16.1 Å². The fourth-order valence-corrected chi connectivity index (χ4v) is 4.05. The minimum absolute atomic E-state index is 0.0736. The highest BCUT2D eigenvalue weighted by Crippen LogP contribution is 2.26. The van der Waals surface area contributed by atoms with Gasteiger partial charge in [0, 0.05) is 42.2 Å². The molecule has 0 bridgehead atoms. The van der Waals surface area contributed by atoms with E-state index in [9.17, 15) is 0 Å². The van der Waals surface area contributed by atoms with Crippen LogP contribution < -0.4 is 15.5 Å². The summed E-state index contributed by atoms with van der Waals surface area (Å²) >= 11 is 1.81. The molecule has 0 aliphatic carbocycles. The molecule has 2 aromatic rings. The molecule has 0 saturated carbocycles. The van der Waals surface area contributed by atoms with Crippen molar-refractivity contribution in [2.75, 3.05) is 44.3 Å². The van der Waals surface area contributed by atoms with E-state index in [0.29, 0.717) is 6.54 Å². The average Bonchev–Trinajstić information content (AvgIpc) is 3.27. The zero-order valence-corrected chi connectivity index (χ0v) is 18.0. The van der Waals surface area contributed by atoms with Gasteiger partial charge in [0.25, 0.3) is 0 Å². The third-order valence-electron chi connectivity index (χ3n) is 4.96. The molecule has 1 aromatic heterocycles. The largest absolute Gasteiger partial charge is 0.378 e. The van der Waals surface area contributed by atoms with Gasteiger partial charge in [-0.25, -0.2) is 4.99 Å². The van der Waals surface area contributed by atoms with Gasteiger partial charge in [0.05, 0.1) is 19.8 Å². The van der Waals surface area contributed by atoms with Crippen molar-refractivity contribution in [1.82, 2.24) is 10.6 Å². The molecule has 0 spiro atoms. The number of hydrogen-bond acceptors (Lipinski definition) is 4. The number of guanidine groups is 1. The monoisotopic (exact) mass is 400 g/mol. The zero-order valence-electron chi connectivity index (χ0n) is 17.2. The summed E-state index contributed by atoms with van der Waals surface area (Å²) in [4.78, 5) is 8.53. The Labute approximate surface area is 172 Å². The first-order chi connectivity index (χ1) is 13.6. The van der Waals surface area contributed by atoms with E-state index in [-0.39, 0.29) is 5.41 Å². The summed E-state index contributed by atoms with van der Waals surface area (Å²) in [6, 6.07) is 13.0. The summed E-state index contributed by atoms with van der Waals surface area (Å²) in [5, 5.41) is 9.00. The number of ether oxygens (including phenoxy) is 1. The molecule has 2 heterocycles. The molecule has 0 atom stereocenters. The summed E-state index contributed by atoms with van der Waals surface area (Å²) in [5.74, 6) is 0.865. The maximum atomic E-state index is 5.43. The molecule has 1 fully saturated rings. The van der Waals surface area contributed by atoms with Crippen molar-refractivity contribution >= 4 is 23.0 Å². The van der Waals surface area contributed by atoms with Crippen LogP contribution in [0.1, 0.15) is 31.2 Å². The van der Waals surface area contributed by atoms with Crippen molar-refractivity contribution in [2.45, 2.75) is 32.7 Å². The number of morpholine rings is 1. The van der Waals surface area contributed by atoms with Crippen LogP contribution in [0.25, 0.3) is 0 Å². The Morgan fingerprint density at radius 2 is 1.89 bits per heavy atom. The van der Waals surface area contributed by atoms with Gasteiger partial charge in [-0.05, 0) is 36.1 Å². The first-order valence-corrected chi connectivity index (χ1v) is 10.9. The first-order valence-electron chi connectivity index (χ1n) is 10.1. The lowest BCUT2D eigenvalue weighted by atomic mass is 9.91. The van der Waals surface area contributed by atoms with Crippen molar-refractivity contribution in [1.29, 1.82) is 0 Å². The van der Waals surface area contributed by atoms with Crippen LogP contribution in [-0.4, -0.2) is 45.4 Å². The van der Waals surface area contributed by atoms with E-state index in [1.54, 1.807) is 11.3 Å². The molecule has 0 unspecified atom stereocenters. The van der Waals surface area contributed by atoms with Gasteiger partial charge in [-0.3, -0.25) is 0 Å². The predicted octanol–water partition coefficient (Wildman–Crippen LogP) is 3.62. The molecule has 152 valence electrons. The van der Waals surface area contributed by atoms with Gasteiger partial charge in [-0.15, -0.1) is 11.3 Å². The summed E-state index contributed by atoms with van der Waals surface area (Å²) < 4.78 is 5.43. The fourth-order valence-electron chi connectivity index (χ4n) is 3.20. The minimum atomic E-state index is 0.0736. The molecule has 28 heavy (non-hydrogen) atoms. The Balaban J connectivity index is 1.57. The number of nitrogens with zero attached hydrogens (tertiary/aromatic N) is 2. The van der Waals surface area contributed by atoms with E-state index < -0.39 is 0 Å². The summed E-state index contributed by atoms with van der Waals surface area (Å²) in [6.45, 7) is 12.5. The second kappa shape index (κ2) is 9.94. The lowest BCUT2D eigenvalue weighted by Crippen LogP contribution is -2.43. The molecule has 6 heteroatoms. The van der Waals surface area contributed by atoms with Crippen LogP contribution >= 0.6 is 11.3 Å². The van der Waals surface area contributed by atoms with Crippen molar-refractivity contribution in [3.05, 3.63) is 52.2 Å². The normalized spacial score (nSPS) is 15.5. The standard InChI is InChI=1S/C22H32N4OS/c1-4-23-21(25-17-22(2,3)20-6-5-15-28-20)24-16-18-7-9-19(10-8-18)26-11-13-27-14-12-26/h5-10,15H,4,11-14,16-17H2,1-3H3,(H2,23,24,25). The molecule has 1 aromatic carbocycles. The number of rotatable bonds is 7. The van der Waals surface area contributed by atoms with Gasteiger partial charge < -0.3 is 20.3 Å². The van der Waals surface area contributed by atoms with Crippen LogP contribution in [0.4, 0.5) is 5.69 Å². The van der Waals surface area contributed by atoms with Crippen LogP contribution in [0, 0.1) is 0 Å². The Morgan fingerprint density at radius 3 is 2.54 bits per heavy atom. The highest BCUT2D eigenvalue weighted by atomic mass is 32.1. The number of aliphatic imine (C=N–C) groups is 1. The molecule has 1 aliphatic heterocycles. The van der Waals surface area contributed by atoms with E-state index in [2.05, 4.69) is 78.1 Å². The van der Waals surface area contributed by atoms with Crippen LogP contribution in [0.15, 0.2) is 46.8 Å². The van der Waals surface area contributed by atoms with Crippen molar-refractivity contribution in [3.8, 4) is 0 Å². The maximum absolute atomic E-state index is 5.43. The molecule has 3 rings (SSSR count). The fraction of sp³-hybridized carbons (Fsp3) is 0.500. The van der Waals surface area contributed by atoms with Gasteiger partial charge in [0.1, 0.15) is 0 Å². The van der Waals surface area contributed by atoms with Gasteiger partial charge in [-0.2, -0.15) is 0 Å². The smallest absolute Gasteiger partial charge is 0.191 e. The lowest BCUT2D eigenvalue weighted by Gasteiger charge is -2.28. The number of anilines is 1. The second-order valence-corrected chi connectivity index (χ2v) is 8.62. The highest BCUT2D eigenvalue weighted by Gasteiger charge is 2.21. The molecule has 1 aliphatic rings. The second-order valence-electron chi connectivity index (χ2n) is 7.68. The third-order valence-corrected chi connectivity index (χ3v) is 6.20. The summed E-state index contributed by atoms with van der Waals surface area (Å²) in [5.41, 5.74) is 2.55. The van der Waals surface area contributed by atoms with Crippen molar-refractivity contribution < 1.29 is 4.74 Å². The molecular weight excluding hydrogens is 368 g/mol. The molecule has 5 nitrogen and oxygen atoms in total. The van der Waals surface area contributed by atoms with Crippen LogP contribution in [-0.2, 0) is 16.7 Å². The van der Waals surface area contributed by atoms with E-state index in [4.69, 9.17) is 9.73 Å². The molecule has 2 N–H and O–H groups in total. The SMILES string of the molecule is CCNC(=NCc1ccc(N2CCOCC2)cc1)NCC(C)(C)c1cccs1. The highest BCUT2D eigenvalue weighted by molar-refractivity contribution is 7.10. The lowest BCUT2D eigenvalue weighted by molar-refractivity contribution is 0.122. The maximum Gasteiger partial charge on any atom is 0.191 e. The summed E-state index contributed by atoms with van der Waals surface area (Å²) in [7, 11) is 0. The van der Waals surface area contributed by atoms with E-state index in [1.807, 2.05) is 0 Å². The Kier molecular flexibility index (Phi) is 7.34. The Bertz CT molecular complexity index is 734. The topological polar surface area (TPSA) is 48.9 Å². The number of thiophene rings is 1. The van der Waals surface area contributed by atoms with Gasteiger partial charge in [0.2, 0.25) is 0 Å². The number of nitrogens with one attached hydrogen (secondary N) is 2. The van der Waals surface area contributed by atoms with Gasteiger partial charge in [0.15, 0.2) is 5.96 Å². The molecule has 0 amide bonds. The average molecular weight is 401 g/mol. The van der Waals surface area contributed by atoms with Crippen molar-refractivity contribution in [3.63, 3.8) is 0 Å². The molecule has 1 saturated heterocycles. The van der Waals surface area contributed by atoms with Crippen LogP contribution in [0.2, 0.25) is 0 Å². The predicted molar refractivity (Wildman–Crippen MR) is 120 cm³/mol. The quantitative estimate of drug-likeness (QED) is 0.551. The number of hydrogen-bond donors (Lipinski definition) is 2. The van der Waals surface area contributed by atoms with Crippen LogP contribution in [0.5, 0.6) is 0 Å². The molecular formula is C22H32N4OS. The Morgan fingerprint density at radius 1 is 1.14 bits per heavy atom. The van der Waals surface area contributed by atoms with E-state index >= 15 is 0 Å². The summed E-state index contributed by atoms with van der Waals surface area (Å²) in [6.07, 6.45) is 0. The first kappa shape index (κ1) is 20.7. The third kappa shape index (κ3) is 5.72. The van der Waals surface area contributed by atoms with Crippen LogP contribution in [0.3, 0.4) is 0 Å². The van der Waals surface area contributed by atoms with Crippen molar-refractivity contribution in [2.24, 2.45) is 4.99 Å². The van der Waals surface area contributed by atoms with Gasteiger partial charge >= 0.3 is 0 Å². The minimum Gasteiger partial charge on any atom is -0.378 e. The Hall–Kier alpha value is -2.05. The number of benzene rings is 1. The van der Waals surface area contributed by atoms with Gasteiger partial charge in [-0.1, -0.05) is 32.0 Å². The molecule has 0 radical (unpaired) electrons. The van der Waals surface area contributed by atoms with E-state index in [0.717, 1.165) is 45.4 Å². The zero-order chi connectivity index (χ0) is 19.8.